The second-order valence-corrected chi connectivity index (χ2v) is 8.99. The molecule has 0 saturated heterocycles. The lowest BCUT2D eigenvalue weighted by Gasteiger charge is -2.13. The third-order valence-electron chi connectivity index (χ3n) is 4.77. The lowest BCUT2D eigenvalue weighted by molar-refractivity contribution is -0.116. The van der Waals surface area contributed by atoms with Gasteiger partial charge in [0.05, 0.1) is 12.8 Å². The van der Waals surface area contributed by atoms with Crippen LogP contribution in [0.15, 0.2) is 62.5 Å². The van der Waals surface area contributed by atoms with Gasteiger partial charge in [-0.3, -0.25) is 14.2 Å². The summed E-state index contributed by atoms with van der Waals surface area (Å²) in [6, 6.07) is 14.1. The van der Waals surface area contributed by atoms with E-state index in [4.69, 9.17) is 4.74 Å². The number of thioether (sulfide) groups is 1. The summed E-state index contributed by atoms with van der Waals surface area (Å²) in [5.74, 6) is -0.0284. The van der Waals surface area contributed by atoms with Crippen molar-refractivity contribution in [3.63, 3.8) is 0 Å². The van der Waals surface area contributed by atoms with Crippen LogP contribution in [0.4, 0.5) is 5.69 Å². The second-order valence-electron chi connectivity index (χ2n) is 6.94. The summed E-state index contributed by atoms with van der Waals surface area (Å²) in [5.41, 5.74) is 0.960. The van der Waals surface area contributed by atoms with Gasteiger partial charge in [-0.25, -0.2) is 14.3 Å². The smallest absolute Gasteiger partial charge is 0.337 e. The molecule has 2 aromatic heterocycles. The summed E-state index contributed by atoms with van der Waals surface area (Å²) in [6.07, 6.45) is 1.84. The molecule has 0 radical (unpaired) electrons. The van der Waals surface area contributed by atoms with Crippen molar-refractivity contribution in [1.82, 2.24) is 14.1 Å². The van der Waals surface area contributed by atoms with E-state index in [2.05, 4.69) is 10.3 Å². The monoisotopic (exact) mass is 468 g/mol. The number of hydrogen-bond donors (Lipinski definition) is 1. The Morgan fingerprint density at radius 3 is 2.69 bits per heavy atom. The number of amides is 1. The van der Waals surface area contributed by atoms with E-state index in [1.807, 2.05) is 31.4 Å². The quantitative estimate of drug-likeness (QED) is 0.437. The summed E-state index contributed by atoms with van der Waals surface area (Å²) in [5, 5.41) is 2.80. The number of aryl methyl sites for hydroxylation is 1. The molecule has 10 heteroatoms. The van der Waals surface area contributed by atoms with Crippen molar-refractivity contribution in [1.29, 1.82) is 0 Å². The molecule has 0 aliphatic heterocycles. The first-order chi connectivity index (χ1) is 15.4. The molecule has 0 bridgehead atoms. The van der Waals surface area contributed by atoms with Crippen LogP contribution in [0, 0.1) is 6.92 Å². The maximum atomic E-state index is 13.5. The highest BCUT2D eigenvalue weighted by Gasteiger charge is 2.22. The van der Waals surface area contributed by atoms with E-state index < -0.39 is 17.2 Å². The largest absolute Gasteiger partial charge is 0.495 e. The Morgan fingerprint density at radius 1 is 1.19 bits per heavy atom. The number of anilines is 1. The molecular formula is C22H20N4O4S2. The van der Waals surface area contributed by atoms with Crippen LogP contribution in [0.5, 0.6) is 5.75 Å². The molecule has 0 aliphatic carbocycles. The van der Waals surface area contributed by atoms with Crippen molar-refractivity contribution < 1.29 is 9.53 Å². The number of nitrogens with zero attached hydrogens (tertiary/aromatic N) is 3. The zero-order chi connectivity index (χ0) is 22.8. The number of ether oxygens (including phenoxy) is 1. The standard InChI is InChI=1S/C22H20N4O4S2/c1-13-7-6-8-14(11-13)23-17(27)12-25-19-18(32-21(24-19)31-3)20(28)26(22(25)29)15-9-4-5-10-16(15)30-2/h4-11H,12H2,1-3H3,(H,23,27). The molecule has 1 amide bonds. The number of fused-ring (bicyclic) bond motifs is 1. The molecule has 2 heterocycles. The number of benzene rings is 2. The van der Waals surface area contributed by atoms with Crippen molar-refractivity contribution in [3.05, 3.63) is 74.9 Å². The topological polar surface area (TPSA) is 95.2 Å². The molecule has 8 nitrogen and oxygen atoms in total. The first-order valence-electron chi connectivity index (χ1n) is 9.63. The van der Waals surface area contributed by atoms with Gasteiger partial charge in [0.15, 0.2) is 9.99 Å². The summed E-state index contributed by atoms with van der Waals surface area (Å²) < 4.78 is 8.54. The summed E-state index contributed by atoms with van der Waals surface area (Å²) in [4.78, 5) is 44.0. The number of hydrogen-bond acceptors (Lipinski definition) is 7. The summed E-state index contributed by atoms with van der Waals surface area (Å²) in [6.45, 7) is 1.63. The Labute approximate surface area is 191 Å². The van der Waals surface area contributed by atoms with Gasteiger partial charge < -0.3 is 10.1 Å². The Morgan fingerprint density at radius 2 is 1.97 bits per heavy atom. The Balaban J connectivity index is 1.87. The van der Waals surface area contributed by atoms with Crippen molar-refractivity contribution >= 4 is 45.0 Å². The van der Waals surface area contributed by atoms with Gasteiger partial charge in [-0.05, 0) is 43.0 Å². The second kappa shape index (κ2) is 9.01. The average Bonchev–Trinajstić information content (AvgIpc) is 3.22. The van der Waals surface area contributed by atoms with Crippen LogP contribution in [0.2, 0.25) is 0 Å². The summed E-state index contributed by atoms with van der Waals surface area (Å²) >= 11 is 2.56. The lowest BCUT2D eigenvalue weighted by atomic mass is 10.2. The lowest BCUT2D eigenvalue weighted by Crippen LogP contribution is -2.40. The number of para-hydroxylation sites is 2. The highest BCUT2D eigenvalue weighted by Crippen LogP contribution is 2.26. The molecule has 0 fully saturated rings. The molecule has 164 valence electrons. The van der Waals surface area contributed by atoms with Gasteiger partial charge in [-0.2, -0.15) is 0 Å². The molecule has 0 aliphatic rings. The van der Waals surface area contributed by atoms with E-state index in [1.54, 1.807) is 30.3 Å². The van der Waals surface area contributed by atoms with E-state index in [0.29, 0.717) is 26.2 Å². The molecule has 4 aromatic rings. The van der Waals surface area contributed by atoms with Crippen molar-refractivity contribution in [3.8, 4) is 11.4 Å². The molecule has 0 spiro atoms. The van der Waals surface area contributed by atoms with Crippen LogP contribution >= 0.6 is 23.1 Å². The van der Waals surface area contributed by atoms with Gasteiger partial charge in [-0.15, -0.1) is 11.3 Å². The first kappa shape index (κ1) is 21.8. The van der Waals surface area contributed by atoms with Crippen LogP contribution in [0.3, 0.4) is 0 Å². The van der Waals surface area contributed by atoms with Crippen LogP contribution < -0.4 is 21.3 Å². The molecular weight excluding hydrogens is 448 g/mol. The van der Waals surface area contributed by atoms with E-state index in [0.717, 1.165) is 10.1 Å². The maximum Gasteiger partial charge on any atom is 0.337 e. The minimum atomic E-state index is -0.663. The number of carbonyl (C=O) groups excluding carboxylic acids is 1. The fourth-order valence-corrected chi connectivity index (χ4v) is 4.83. The molecule has 0 unspecified atom stereocenters. The molecule has 2 aromatic carbocycles. The fourth-order valence-electron chi connectivity index (χ4n) is 3.34. The Bertz CT molecular complexity index is 1440. The highest BCUT2D eigenvalue weighted by molar-refractivity contribution is 8.00. The van der Waals surface area contributed by atoms with E-state index in [1.165, 1.54) is 34.8 Å². The molecule has 4 rings (SSSR count). The number of methoxy groups -OCH3 is 1. The molecule has 0 saturated carbocycles. The number of rotatable bonds is 6. The van der Waals surface area contributed by atoms with Crippen LogP contribution in [-0.4, -0.2) is 33.4 Å². The molecule has 0 atom stereocenters. The van der Waals surface area contributed by atoms with Gasteiger partial charge >= 0.3 is 5.69 Å². The predicted molar refractivity (Wildman–Crippen MR) is 128 cm³/mol. The van der Waals surface area contributed by atoms with Crippen LogP contribution in [0.25, 0.3) is 16.0 Å². The number of carbonyl (C=O) groups is 1. The van der Waals surface area contributed by atoms with Gasteiger partial charge in [0.25, 0.3) is 5.56 Å². The third-order valence-corrected chi connectivity index (χ3v) is 6.79. The van der Waals surface area contributed by atoms with Crippen molar-refractivity contribution in [2.45, 2.75) is 17.8 Å². The number of thiazole rings is 1. The number of nitrogens with one attached hydrogen (secondary N) is 1. The van der Waals surface area contributed by atoms with Crippen molar-refractivity contribution in [2.75, 3.05) is 18.7 Å². The highest BCUT2D eigenvalue weighted by atomic mass is 32.2. The van der Waals surface area contributed by atoms with E-state index >= 15 is 0 Å². The molecule has 32 heavy (non-hydrogen) atoms. The average molecular weight is 469 g/mol. The molecule has 1 N–H and O–H groups in total. The van der Waals surface area contributed by atoms with E-state index in [-0.39, 0.29) is 12.2 Å². The van der Waals surface area contributed by atoms with Gasteiger partial charge in [0.2, 0.25) is 5.91 Å². The normalized spacial score (nSPS) is 11.0. The summed E-state index contributed by atoms with van der Waals surface area (Å²) in [7, 11) is 1.47. The SMILES string of the molecule is COc1ccccc1-n1c(=O)c2sc(SC)nc2n(CC(=O)Nc2cccc(C)c2)c1=O. The van der Waals surface area contributed by atoms with Crippen LogP contribution in [-0.2, 0) is 11.3 Å². The van der Waals surface area contributed by atoms with Gasteiger partial charge in [0.1, 0.15) is 17.0 Å². The first-order valence-corrected chi connectivity index (χ1v) is 11.7. The Hall–Kier alpha value is -3.37. The van der Waals surface area contributed by atoms with Gasteiger partial charge in [0, 0.05) is 5.69 Å². The minimum absolute atomic E-state index is 0.194. The maximum absolute atomic E-state index is 13.5. The predicted octanol–water partition coefficient (Wildman–Crippen LogP) is 3.29. The third kappa shape index (κ3) is 4.06. The number of aromatic nitrogens is 3. The van der Waals surface area contributed by atoms with Crippen LogP contribution in [0.1, 0.15) is 5.56 Å². The minimum Gasteiger partial charge on any atom is -0.495 e. The fraction of sp³-hybridized carbons (Fsp3) is 0.182. The zero-order valence-electron chi connectivity index (χ0n) is 17.6. The Kier molecular flexibility index (Phi) is 6.15. The van der Waals surface area contributed by atoms with Gasteiger partial charge in [-0.1, -0.05) is 36.0 Å². The van der Waals surface area contributed by atoms with E-state index in [9.17, 15) is 14.4 Å². The van der Waals surface area contributed by atoms with Crippen molar-refractivity contribution in [2.24, 2.45) is 0 Å². The zero-order valence-corrected chi connectivity index (χ0v) is 19.3.